The Bertz CT molecular complexity index is 976. The summed E-state index contributed by atoms with van der Waals surface area (Å²) in [5, 5.41) is 9.73. The summed E-state index contributed by atoms with van der Waals surface area (Å²) < 4.78 is 1.91. The number of pyridine rings is 1. The molecular formula is C20H21N5OS2. The summed E-state index contributed by atoms with van der Waals surface area (Å²) in [7, 11) is 1.91. The highest BCUT2D eigenvalue weighted by Crippen LogP contribution is 2.37. The van der Waals surface area contributed by atoms with Gasteiger partial charge in [-0.25, -0.2) is 0 Å². The van der Waals surface area contributed by atoms with Gasteiger partial charge in [-0.3, -0.25) is 9.78 Å². The molecule has 1 aliphatic heterocycles. The first-order chi connectivity index (χ1) is 13.6. The van der Waals surface area contributed by atoms with Gasteiger partial charge in [0.05, 0.1) is 11.4 Å². The highest BCUT2D eigenvalue weighted by atomic mass is 32.2. The molecule has 2 aromatic heterocycles. The number of carbonyl (C=O) groups excluding carboxylic acids is 1. The van der Waals surface area contributed by atoms with Crippen molar-refractivity contribution < 1.29 is 4.79 Å². The van der Waals surface area contributed by atoms with Crippen LogP contribution in [0, 0.1) is 0 Å². The molecule has 0 saturated heterocycles. The topological polar surface area (TPSA) is 63.9 Å². The number of hydrogen-bond acceptors (Lipinski definition) is 6. The number of fused-ring (bicyclic) bond motifs is 1. The van der Waals surface area contributed by atoms with E-state index in [1.54, 1.807) is 12.4 Å². The molecule has 3 aromatic rings. The lowest BCUT2D eigenvalue weighted by Crippen LogP contribution is -2.33. The summed E-state index contributed by atoms with van der Waals surface area (Å²) in [6, 6.07) is 12.0. The van der Waals surface area contributed by atoms with Crippen molar-refractivity contribution in [3.8, 4) is 11.4 Å². The number of nitrogens with zero attached hydrogens (tertiary/aromatic N) is 5. The number of para-hydroxylation sites is 1. The van der Waals surface area contributed by atoms with Crippen LogP contribution in [0.1, 0.15) is 13.3 Å². The van der Waals surface area contributed by atoms with Crippen molar-refractivity contribution in [3.05, 3.63) is 48.8 Å². The zero-order chi connectivity index (χ0) is 19.5. The van der Waals surface area contributed by atoms with Crippen molar-refractivity contribution in [2.75, 3.05) is 17.2 Å². The number of thioether (sulfide) groups is 2. The molecule has 144 valence electrons. The van der Waals surface area contributed by atoms with Gasteiger partial charge in [-0.2, -0.15) is 0 Å². The summed E-state index contributed by atoms with van der Waals surface area (Å²) in [5.41, 5.74) is 1.92. The van der Waals surface area contributed by atoms with E-state index in [1.807, 2.05) is 58.6 Å². The van der Waals surface area contributed by atoms with Gasteiger partial charge in [0.15, 0.2) is 11.0 Å². The number of rotatable bonds is 4. The number of carbonyl (C=O) groups is 1. The Labute approximate surface area is 172 Å². The maximum atomic E-state index is 13.0. The van der Waals surface area contributed by atoms with Crippen LogP contribution in [0.5, 0.6) is 0 Å². The molecule has 1 unspecified atom stereocenters. The fraction of sp³-hybridized carbons (Fsp3) is 0.300. The fourth-order valence-corrected chi connectivity index (χ4v) is 5.04. The number of amides is 1. The monoisotopic (exact) mass is 411 g/mol. The molecule has 1 aromatic carbocycles. The first-order valence-electron chi connectivity index (χ1n) is 9.12. The number of hydrogen-bond donors (Lipinski definition) is 0. The van der Waals surface area contributed by atoms with Crippen LogP contribution in [-0.2, 0) is 11.8 Å². The molecule has 6 nitrogen and oxygen atoms in total. The van der Waals surface area contributed by atoms with Crippen molar-refractivity contribution >= 4 is 35.1 Å². The lowest BCUT2D eigenvalue weighted by atomic mass is 10.2. The van der Waals surface area contributed by atoms with Gasteiger partial charge in [0.1, 0.15) is 0 Å². The van der Waals surface area contributed by atoms with Gasteiger partial charge in [0, 0.05) is 41.7 Å². The van der Waals surface area contributed by atoms with Crippen molar-refractivity contribution in [2.24, 2.45) is 7.05 Å². The van der Waals surface area contributed by atoms with Crippen LogP contribution in [0.2, 0.25) is 0 Å². The van der Waals surface area contributed by atoms with Crippen LogP contribution in [0.25, 0.3) is 11.4 Å². The van der Waals surface area contributed by atoms with E-state index in [9.17, 15) is 4.79 Å². The molecule has 1 amide bonds. The molecule has 1 aliphatic rings. The van der Waals surface area contributed by atoms with Gasteiger partial charge < -0.3 is 9.47 Å². The molecule has 0 fully saturated rings. The first kappa shape index (κ1) is 19.0. The second kappa shape index (κ2) is 8.36. The molecule has 0 bridgehead atoms. The molecule has 0 N–H and O–H groups in total. The summed E-state index contributed by atoms with van der Waals surface area (Å²) in [4.78, 5) is 20.2. The molecule has 0 radical (unpaired) electrons. The normalized spacial score (nSPS) is 16.5. The molecule has 8 heteroatoms. The van der Waals surface area contributed by atoms with Gasteiger partial charge in [-0.05, 0) is 30.7 Å². The molecule has 4 rings (SSSR count). The number of anilines is 1. The van der Waals surface area contributed by atoms with Gasteiger partial charge in [-0.15, -0.1) is 22.0 Å². The summed E-state index contributed by atoms with van der Waals surface area (Å²) in [6.07, 6.45) is 4.47. The average molecular weight is 412 g/mol. The van der Waals surface area contributed by atoms with E-state index in [0.29, 0.717) is 11.0 Å². The molecule has 0 spiro atoms. The van der Waals surface area contributed by atoms with E-state index in [1.165, 1.54) is 16.7 Å². The Kier molecular flexibility index (Phi) is 5.68. The quantitative estimate of drug-likeness (QED) is 0.607. The Morgan fingerprint density at radius 3 is 2.93 bits per heavy atom. The zero-order valence-electron chi connectivity index (χ0n) is 15.8. The minimum atomic E-state index is 0.0954. The molecule has 0 saturated carbocycles. The van der Waals surface area contributed by atoms with Crippen molar-refractivity contribution in [1.29, 1.82) is 0 Å². The van der Waals surface area contributed by atoms with Crippen molar-refractivity contribution in [3.63, 3.8) is 0 Å². The Hall–Kier alpha value is -2.32. The third-order valence-corrected chi connectivity index (χ3v) is 6.87. The first-order valence-corrected chi connectivity index (χ1v) is 11.0. The summed E-state index contributed by atoms with van der Waals surface area (Å²) in [6.45, 7) is 2.95. The van der Waals surface area contributed by atoms with Crippen LogP contribution in [0.3, 0.4) is 0 Å². The fourth-order valence-electron chi connectivity index (χ4n) is 3.14. The van der Waals surface area contributed by atoms with Crippen LogP contribution < -0.4 is 4.90 Å². The third kappa shape index (κ3) is 3.93. The highest BCUT2D eigenvalue weighted by Gasteiger charge is 2.24. The lowest BCUT2D eigenvalue weighted by molar-refractivity contribution is -0.116. The SMILES string of the molecule is CC1CCN(C(=O)CSc2nnc(-c3cccnc3)n2C)c2ccccc2S1. The molecular weight excluding hydrogens is 390 g/mol. The summed E-state index contributed by atoms with van der Waals surface area (Å²) >= 11 is 3.26. The lowest BCUT2D eigenvalue weighted by Gasteiger charge is -2.22. The Balaban J connectivity index is 1.49. The number of benzene rings is 1. The Morgan fingerprint density at radius 2 is 2.11 bits per heavy atom. The third-order valence-electron chi connectivity index (χ3n) is 4.62. The van der Waals surface area contributed by atoms with Crippen LogP contribution in [0.15, 0.2) is 58.8 Å². The zero-order valence-corrected chi connectivity index (χ0v) is 17.4. The standard InChI is InChI=1S/C20H21N5OS2/c1-14-9-11-25(16-7-3-4-8-17(16)28-14)18(26)13-27-20-23-22-19(24(20)2)15-6-5-10-21-12-15/h3-8,10,12,14H,9,11,13H2,1-2H3. The van der Waals surface area contributed by atoms with Crippen LogP contribution in [0.4, 0.5) is 5.69 Å². The minimum absolute atomic E-state index is 0.0954. The maximum Gasteiger partial charge on any atom is 0.237 e. The Morgan fingerprint density at radius 1 is 1.25 bits per heavy atom. The highest BCUT2D eigenvalue weighted by molar-refractivity contribution is 8.00. The van der Waals surface area contributed by atoms with E-state index in [-0.39, 0.29) is 5.91 Å². The van der Waals surface area contributed by atoms with E-state index >= 15 is 0 Å². The smallest absolute Gasteiger partial charge is 0.237 e. The predicted octanol–water partition coefficient (Wildman–Crippen LogP) is 3.89. The van der Waals surface area contributed by atoms with Crippen LogP contribution in [-0.4, -0.2) is 43.2 Å². The second-order valence-corrected chi connectivity index (χ2v) is 9.05. The largest absolute Gasteiger partial charge is 0.311 e. The van der Waals surface area contributed by atoms with Crippen molar-refractivity contribution in [1.82, 2.24) is 19.7 Å². The van der Waals surface area contributed by atoms with Gasteiger partial charge >= 0.3 is 0 Å². The predicted molar refractivity (Wildman–Crippen MR) is 114 cm³/mol. The average Bonchev–Trinajstić information content (AvgIpc) is 2.99. The number of aromatic nitrogens is 4. The van der Waals surface area contributed by atoms with E-state index < -0.39 is 0 Å². The minimum Gasteiger partial charge on any atom is -0.311 e. The maximum absolute atomic E-state index is 13.0. The van der Waals surface area contributed by atoms with Crippen LogP contribution >= 0.6 is 23.5 Å². The van der Waals surface area contributed by atoms with Crippen molar-refractivity contribution in [2.45, 2.75) is 28.6 Å². The van der Waals surface area contributed by atoms with E-state index in [2.05, 4.69) is 28.2 Å². The summed E-state index contributed by atoms with van der Waals surface area (Å²) in [5.74, 6) is 1.17. The molecule has 28 heavy (non-hydrogen) atoms. The van der Waals surface area contributed by atoms with E-state index in [4.69, 9.17) is 0 Å². The molecule has 0 aliphatic carbocycles. The van der Waals surface area contributed by atoms with Gasteiger partial charge in [0.25, 0.3) is 0 Å². The van der Waals surface area contributed by atoms with Gasteiger partial charge in [-0.1, -0.05) is 30.8 Å². The van der Waals surface area contributed by atoms with E-state index in [0.717, 1.165) is 35.2 Å². The molecule has 1 atom stereocenters. The molecule has 3 heterocycles. The second-order valence-electron chi connectivity index (χ2n) is 6.63. The van der Waals surface area contributed by atoms with Gasteiger partial charge in [0.2, 0.25) is 5.91 Å².